The number of nitrogens with one attached hydrogen (secondary N) is 1. The first kappa shape index (κ1) is 15.6. The van der Waals surface area contributed by atoms with Gasteiger partial charge < -0.3 is 14.6 Å². The zero-order valence-electron chi connectivity index (χ0n) is 12.4. The Bertz CT molecular complexity index is 457. The summed E-state index contributed by atoms with van der Waals surface area (Å²) >= 11 is 3.30. The molecule has 20 heavy (non-hydrogen) atoms. The summed E-state index contributed by atoms with van der Waals surface area (Å²) in [5, 5.41) is 3.50. The number of halogens is 1. The number of carbonyl (C=O) groups excluding carboxylic acids is 1. The second kappa shape index (κ2) is 6.31. The highest BCUT2D eigenvalue weighted by atomic mass is 79.9. The fourth-order valence-electron chi connectivity index (χ4n) is 2.45. The average molecular weight is 343 g/mol. The summed E-state index contributed by atoms with van der Waals surface area (Å²) in [6, 6.07) is 4.33. The maximum Gasteiger partial charge on any atom is 0.227 e. The lowest BCUT2D eigenvalue weighted by Crippen LogP contribution is -2.48. The molecule has 0 radical (unpaired) electrons. The lowest BCUT2D eigenvalue weighted by atomic mass is 9.93. The van der Waals surface area contributed by atoms with E-state index in [1.807, 2.05) is 37.8 Å². The quantitative estimate of drug-likeness (QED) is 0.917. The number of likely N-dealkylation sites (tertiary alicyclic amines) is 1. The maximum atomic E-state index is 12.2. The van der Waals surface area contributed by atoms with Crippen LogP contribution >= 0.6 is 15.9 Å². The Labute approximate surface area is 129 Å². The zero-order chi connectivity index (χ0) is 14.8. The van der Waals surface area contributed by atoms with Gasteiger partial charge in [0.15, 0.2) is 4.67 Å². The van der Waals surface area contributed by atoms with Gasteiger partial charge in [-0.1, -0.05) is 20.8 Å². The van der Waals surface area contributed by atoms with Gasteiger partial charge in [0.25, 0.3) is 0 Å². The van der Waals surface area contributed by atoms with Crippen LogP contribution in [0.2, 0.25) is 0 Å². The van der Waals surface area contributed by atoms with Crippen LogP contribution in [0.1, 0.15) is 39.4 Å². The third kappa shape index (κ3) is 4.09. The number of amides is 1. The molecule has 0 bridgehead atoms. The molecule has 1 aliphatic heterocycles. The van der Waals surface area contributed by atoms with Gasteiger partial charge in [0.05, 0.1) is 6.54 Å². The second-order valence-electron chi connectivity index (χ2n) is 6.40. The summed E-state index contributed by atoms with van der Waals surface area (Å²) in [5.74, 6) is 1.19. The van der Waals surface area contributed by atoms with Gasteiger partial charge in [0, 0.05) is 24.5 Å². The first-order chi connectivity index (χ1) is 9.36. The SMILES string of the molecule is CC(C)(C)C(=O)N1CCC(NCc2ccc(Br)o2)CC1. The largest absolute Gasteiger partial charge is 0.453 e. The van der Waals surface area contributed by atoms with Crippen LogP contribution in [0.4, 0.5) is 0 Å². The molecule has 1 aromatic rings. The van der Waals surface area contributed by atoms with E-state index in [4.69, 9.17) is 4.42 Å². The van der Waals surface area contributed by atoms with E-state index in [0.29, 0.717) is 6.04 Å². The first-order valence-electron chi connectivity index (χ1n) is 7.13. The Morgan fingerprint density at radius 1 is 1.40 bits per heavy atom. The van der Waals surface area contributed by atoms with Crippen molar-refractivity contribution in [2.45, 2.75) is 46.2 Å². The predicted molar refractivity (Wildman–Crippen MR) is 82.3 cm³/mol. The van der Waals surface area contributed by atoms with Crippen LogP contribution in [0, 0.1) is 5.41 Å². The fraction of sp³-hybridized carbons (Fsp3) is 0.667. The molecule has 0 aliphatic carbocycles. The molecule has 0 spiro atoms. The van der Waals surface area contributed by atoms with Crippen molar-refractivity contribution < 1.29 is 9.21 Å². The molecule has 112 valence electrons. The first-order valence-corrected chi connectivity index (χ1v) is 7.92. The Hall–Kier alpha value is -0.810. The molecule has 2 rings (SSSR count). The third-order valence-electron chi connectivity index (χ3n) is 3.62. The van der Waals surface area contributed by atoms with Crippen molar-refractivity contribution in [2.24, 2.45) is 5.41 Å². The van der Waals surface area contributed by atoms with Crippen molar-refractivity contribution in [1.82, 2.24) is 10.2 Å². The Kier molecular flexibility index (Phi) is 4.91. The summed E-state index contributed by atoms with van der Waals surface area (Å²) in [4.78, 5) is 14.2. The molecule has 1 fully saturated rings. The fourth-order valence-corrected chi connectivity index (χ4v) is 2.79. The highest BCUT2D eigenvalue weighted by Crippen LogP contribution is 2.21. The molecule has 0 aromatic carbocycles. The minimum Gasteiger partial charge on any atom is -0.453 e. The van der Waals surface area contributed by atoms with Gasteiger partial charge >= 0.3 is 0 Å². The van der Waals surface area contributed by atoms with E-state index in [1.165, 1.54) is 0 Å². The molecule has 2 heterocycles. The average Bonchev–Trinajstić information content (AvgIpc) is 2.81. The van der Waals surface area contributed by atoms with Crippen molar-refractivity contribution in [3.05, 3.63) is 22.6 Å². The minimum absolute atomic E-state index is 0.255. The van der Waals surface area contributed by atoms with Crippen LogP contribution in [0.25, 0.3) is 0 Å². The number of hydrogen-bond donors (Lipinski definition) is 1. The molecule has 0 atom stereocenters. The third-order valence-corrected chi connectivity index (χ3v) is 4.04. The molecule has 4 nitrogen and oxygen atoms in total. The van der Waals surface area contributed by atoms with Crippen LogP contribution in [0.5, 0.6) is 0 Å². The molecule has 1 aliphatic rings. The standard InChI is InChI=1S/C15H23BrN2O2/c1-15(2,3)14(19)18-8-6-11(7-9-18)17-10-12-4-5-13(16)20-12/h4-5,11,17H,6-10H2,1-3H3. The smallest absolute Gasteiger partial charge is 0.227 e. The van der Waals surface area contributed by atoms with E-state index in [1.54, 1.807) is 0 Å². The molecule has 0 unspecified atom stereocenters. The molecular weight excluding hydrogens is 320 g/mol. The molecule has 1 N–H and O–H groups in total. The van der Waals surface area contributed by atoms with Crippen molar-refractivity contribution in [3.63, 3.8) is 0 Å². The van der Waals surface area contributed by atoms with Crippen molar-refractivity contribution >= 4 is 21.8 Å². The van der Waals surface area contributed by atoms with E-state index in [9.17, 15) is 4.79 Å². The number of hydrogen-bond acceptors (Lipinski definition) is 3. The van der Waals surface area contributed by atoms with Gasteiger partial charge in [-0.2, -0.15) is 0 Å². The number of rotatable bonds is 3. The lowest BCUT2D eigenvalue weighted by molar-refractivity contribution is -0.140. The van der Waals surface area contributed by atoms with Crippen molar-refractivity contribution in [2.75, 3.05) is 13.1 Å². The van der Waals surface area contributed by atoms with Gasteiger partial charge in [-0.3, -0.25) is 4.79 Å². The molecule has 1 saturated heterocycles. The van der Waals surface area contributed by atoms with Crippen LogP contribution in [0.15, 0.2) is 21.2 Å². The number of furan rings is 1. The summed E-state index contributed by atoms with van der Waals surface area (Å²) in [7, 11) is 0. The molecule has 1 aromatic heterocycles. The Morgan fingerprint density at radius 2 is 2.05 bits per heavy atom. The highest BCUT2D eigenvalue weighted by molar-refractivity contribution is 9.10. The number of nitrogens with zero attached hydrogens (tertiary/aromatic N) is 1. The minimum atomic E-state index is -0.277. The topological polar surface area (TPSA) is 45.5 Å². The number of piperidine rings is 1. The highest BCUT2D eigenvalue weighted by Gasteiger charge is 2.30. The van der Waals surface area contributed by atoms with Gasteiger partial charge in [-0.25, -0.2) is 0 Å². The lowest BCUT2D eigenvalue weighted by Gasteiger charge is -2.36. The number of carbonyl (C=O) groups is 1. The summed E-state index contributed by atoms with van der Waals surface area (Å²) < 4.78 is 6.23. The van der Waals surface area contributed by atoms with Crippen molar-refractivity contribution in [3.8, 4) is 0 Å². The summed E-state index contributed by atoms with van der Waals surface area (Å²) in [5.41, 5.74) is -0.277. The predicted octanol–water partition coefficient (Wildman–Crippen LogP) is 3.17. The molecule has 5 heteroatoms. The molecular formula is C15H23BrN2O2. The van der Waals surface area contributed by atoms with Gasteiger partial charge in [0.2, 0.25) is 5.91 Å². The van der Waals surface area contributed by atoms with Crippen molar-refractivity contribution in [1.29, 1.82) is 0 Å². The van der Waals surface area contributed by atoms with E-state index in [-0.39, 0.29) is 11.3 Å². The Morgan fingerprint density at radius 3 is 2.55 bits per heavy atom. The summed E-state index contributed by atoms with van der Waals surface area (Å²) in [6.07, 6.45) is 2.01. The van der Waals surface area contributed by atoms with E-state index >= 15 is 0 Å². The Balaban J connectivity index is 1.76. The zero-order valence-corrected chi connectivity index (χ0v) is 14.0. The maximum absolute atomic E-state index is 12.2. The molecule has 1 amide bonds. The van der Waals surface area contributed by atoms with Gasteiger partial charge in [-0.05, 0) is 40.9 Å². The monoisotopic (exact) mass is 342 g/mol. The summed E-state index contributed by atoms with van der Waals surface area (Å²) in [6.45, 7) is 8.37. The molecule has 0 saturated carbocycles. The van der Waals surface area contributed by atoms with Crippen LogP contribution in [-0.2, 0) is 11.3 Å². The second-order valence-corrected chi connectivity index (χ2v) is 7.18. The van der Waals surface area contributed by atoms with E-state index in [0.717, 1.165) is 42.9 Å². The van der Waals surface area contributed by atoms with Gasteiger partial charge in [-0.15, -0.1) is 0 Å². The normalized spacial score (nSPS) is 17.5. The van der Waals surface area contributed by atoms with Crippen LogP contribution in [0.3, 0.4) is 0 Å². The van der Waals surface area contributed by atoms with Crippen LogP contribution < -0.4 is 5.32 Å². The van der Waals surface area contributed by atoms with Gasteiger partial charge in [0.1, 0.15) is 5.76 Å². The van der Waals surface area contributed by atoms with E-state index < -0.39 is 0 Å². The van der Waals surface area contributed by atoms with Crippen LogP contribution in [-0.4, -0.2) is 29.9 Å². The van der Waals surface area contributed by atoms with E-state index in [2.05, 4.69) is 21.2 Å².